The van der Waals surface area contributed by atoms with Crippen molar-refractivity contribution < 1.29 is 13.2 Å². The molecule has 0 spiro atoms. The second-order valence-electron chi connectivity index (χ2n) is 5.16. The van der Waals surface area contributed by atoms with E-state index in [1.165, 1.54) is 17.0 Å². The summed E-state index contributed by atoms with van der Waals surface area (Å²) in [7, 11) is 0. The number of nitrogens with zero attached hydrogens (tertiary/aromatic N) is 1. The molecule has 1 unspecified atom stereocenters. The highest BCUT2D eigenvalue weighted by Crippen LogP contribution is 2.24. The summed E-state index contributed by atoms with van der Waals surface area (Å²) in [6, 6.07) is 3.88. The molecule has 0 radical (unpaired) electrons. The Kier molecular flexibility index (Phi) is 7.48. The van der Waals surface area contributed by atoms with E-state index in [-0.39, 0.29) is 5.69 Å². The fraction of sp³-hybridized carbons (Fsp3) is 0.625. The minimum absolute atomic E-state index is 0.0119. The van der Waals surface area contributed by atoms with Gasteiger partial charge in [0.1, 0.15) is 0 Å². The molecule has 0 aliphatic heterocycles. The van der Waals surface area contributed by atoms with Crippen LogP contribution in [0.25, 0.3) is 0 Å². The lowest BCUT2D eigenvalue weighted by Crippen LogP contribution is -2.26. The highest BCUT2D eigenvalue weighted by Gasteiger charge is 2.16. The van der Waals surface area contributed by atoms with Gasteiger partial charge in [0.05, 0.1) is 5.69 Å². The maximum absolute atomic E-state index is 13.7. The average molecular weight is 287 g/mol. The average Bonchev–Trinajstić information content (AvgIpc) is 2.46. The van der Waals surface area contributed by atoms with Gasteiger partial charge in [-0.2, -0.15) is 0 Å². The number of benzene rings is 1. The molecule has 0 aliphatic carbocycles. The largest absolute Gasteiger partial charge is 0.342 e. The summed E-state index contributed by atoms with van der Waals surface area (Å²) in [5.41, 5.74) is 0.0119. The molecular weight excluding hydrogens is 263 g/mol. The predicted octanol–water partition coefficient (Wildman–Crippen LogP) is 5.30. The summed E-state index contributed by atoms with van der Waals surface area (Å²) in [5, 5.41) is 0. The molecule has 0 saturated heterocycles. The maximum atomic E-state index is 13.7. The third-order valence-electron chi connectivity index (χ3n) is 3.77. The summed E-state index contributed by atoms with van der Waals surface area (Å²) in [5.74, 6) is -1.38. The summed E-state index contributed by atoms with van der Waals surface area (Å²) < 4.78 is 39.9. The molecule has 0 bridgehead atoms. The van der Waals surface area contributed by atoms with Crippen LogP contribution in [0.15, 0.2) is 18.2 Å². The van der Waals surface area contributed by atoms with E-state index in [4.69, 9.17) is 0 Å². The fourth-order valence-corrected chi connectivity index (χ4v) is 2.37. The molecule has 0 saturated carbocycles. The molecule has 0 N–H and O–H groups in total. The Balaban J connectivity index is 2.65. The Bertz CT molecular complexity index is 395. The Hall–Kier alpha value is -1.19. The first-order valence-electron chi connectivity index (χ1n) is 7.38. The Labute approximate surface area is 119 Å². The molecule has 1 atom stereocenters. The molecule has 0 aromatic heterocycles. The van der Waals surface area contributed by atoms with Crippen LogP contribution >= 0.6 is 0 Å². The van der Waals surface area contributed by atoms with Gasteiger partial charge in [-0.1, -0.05) is 45.6 Å². The van der Waals surface area contributed by atoms with E-state index in [9.17, 15) is 13.2 Å². The molecule has 114 valence electrons. The van der Waals surface area contributed by atoms with Crippen molar-refractivity contribution in [1.29, 1.82) is 0 Å². The van der Waals surface area contributed by atoms with Gasteiger partial charge in [-0.25, -0.2) is 13.2 Å². The van der Waals surface area contributed by atoms with Crippen LogP contribution in [0, 0.1) is 17.6 Å². The standard InChI is InChI=1S/C16H24F3N/c1-3-5-7-13(4-2)10-11-20(12-17)15-9-6-8-14(18)16(15)19/h6,8-9,13H,3-5,7,10-12H2,1-2H3. The van der Waals surface area contributed by atoms with E-state index in [1.807, 2.05) is 0 Å². The number of halogens is 3. The lowest BCUT2D eigenvalue weighted by molar-refractivity contribution is 0.397. The van der Waals surface area contributed by atoms with E-state index in [1.54, 1.807) is 0 Å². The van der Waals surface area contributed by atoms with Gasteiger partial charge in [0.15, 0.2) is 18.4 Å². The van der Waals surface area contributed by atoms with Crippen LogP contribution in [0.1, 0.15) is 46.0 Å². The van der Waals surface area contributed by atoms with Gasteiger partial charge in [-0.05, 0) is 24.5 Å². The third kappa shape index (κ3) is 4.73. The molecule has 4 heteroatoms. The second kappa shape index (κ2) is 8.88. The van der Waals surface area contributed by atoms with Crippen LogP contribution in [0.4, 0.5) is 18.9 Å². The summed E-state index contributed by atoms with van der Waals surface area (Å²) in [6.07, 6.45) is 5.24. The van der Waals surface area contributed by atoms with Crippen LogP contribution in [0.3, 0.4) is 0 Å². The highest BCUT2D eigenvalue weighted by atomic mass is 19.2. The number of unbranched alkanes of at least 4 members (excludes halogenated alkanes) is 1. The highest BCUT2D eigenvalue weighted by molar-refractivity contribution is 5.47. The normalized spacial score (nSPS) is 12.4. The summed E-state index contributed by atoms with van der Waals surface area (Å²) in [6.45, 7) is 3.87. The maximum Gasteiger partial charge on any atom is 0.182 e. The van der Waals surface area contributed by atoms with Crippen LogP contribution in [0.5, 0.6) is 0 Å². The number of alkyl halides is 1. The van der Waals surface area contributed by atoms with Gasteiger partial charge in [-0.3, -0.25) is 0 Å². The van der Waals surface area contributed by atoms with Gasteiger partial charge in [0.2, 0.25) is 0 Å². The van der Waals surface area contributed by atoms with Crippen LogP contribution in [-0.2, 0) is 0 Å². The van der Waals surface area contributed by atoms with Crippen molar-refractivity contribution >= 4 is 5.69 Å². The van der Waals surface area contributed by atoms with Crippen LogP contribution < -0.4 is 4.90 Å². The van der Waals surface area contributed by atoms with E-state index in [0.29, 0.717) is 12.5 Å². The van der Waals surface area contributed by atoms with Crippen molar-refractivity contribution in [2.24, 2.45) is 5.92 Å². The van der Waals surface area contributed by atoms with Crippen molar-refractivity contribution in [2.45, 2.75) is 46.0 Å². The van der Waals surface area contributed by atoms with Gasteiger partial charge in [0.25, 0.3) is 0 Å². The third-order valence-corrected chi connectivity index (χ3v) is 3.77. The van der Waals surface area contributed by atoms with E-state index in [2.05, 4.69) is 13.8 Å². The number of anilines is 1. The minimum Gasteiger partial charge on any atom is -0.342 e. The van der Waals surface area contributed by atoms with Crippen LogP contribution in [-0.4, -0.2) is 13.3 Å². The first kappa shape index (κ1) is 16.9. The molecule has 0 amide bonds. The van der Waals surface area contributed by atoms with Crippen molar-refractivity contribution in [1.82, 2.24) is 0 Å². The van der Waals surface area contributed by atoms with Gasteiger partial charge in [0, 0.05) is 6.54 Å². The summed E-state index contributed by atoms with van der Waals surface area (Å²) in [4.78, 5) is 1.27. The molecule has 0 heterocycles. The quantitative estimate of drug-likeness (QED) is 0.557. The van der Waals surface area contributed by atoms with E-state index < -0.39 is 18.4 Å². The monoisotopic (exact) mass is 287 g/mol. The van der Waals surface area contributed by atoms with Crippen molar-refractivity contribution in [3.63, 3.8) is 0 Å². The first-order valence-corrected chi connectivity index (χ1v) is 7.38. The number of hydrogen-bond acceptors (Lipinski definition) is 1. The molecule has 1 aromatic rings. The molecule has 0 fully saturated rings. The molecule has 1 aromatic carbocycles. The van der Waals surface area contributed by atoms with Gasteiger partial charge in [-0.15, -0.1) is 0 Å². The number of hydrogen-bond donors (Lipinski definition) is 0. The molecule has 20 heavy (non-hydrogen) atoms. The Morgan fingerprint density at radius 1 is 1.15 bits per heavy atom. The van der Waals surface area contributed by atoms with Crippen molar-refractivity contribution in [3.05, 3.63) is 29.8 Å². The van der Waals surface area contributed by atoms with Crippen molar-refractivity contribution in [3.8, 4) is 0 Å². The molecule has 1 nitrogen and oxygen atoms in total. The molecule has 1 rings (SSSR count). The Morgan fingerprint density at radius 2 is 1.90 bits per heavy atom. The Morgan fingerprint density at radius 3 is 2.50 bits per heavy atom. The zero-order valence-corrected chi connectivity index (χ0v) is 12.3. The lowest BCUT2D eigenvalue weighted by atomic mass is 9.95. The topological polar surface area (TPSA) is 3.24 Å². The molecule has 0 aliphatic rings. The second-order valence-corrected chi connectivity index (χ2v) is 5.16. The van der Waals surface area contributed by atoms with E-state index >= 15 is 0 Å². The SMILES string of the molecule is CCCCC(CC)CCN(CF)c1cccc(F)c1F. The smallest absolute Gasteiger partial charge is 0.182 e. The minimum atomic E-state index is -0.966. The van der Waals surface area contributed by atoms with Gasteiger partial charge >= 0.3 is 0 Å². The zero-order chi connectivity index (χ0) is 15.0. The predicted molar refractivity (Wildman–Crippen MR) is 77.6 cm³/mol. The van der Waals surface area contributed by atoms with E-state index in [0.717, 1.165) is 38.2 Å². The molecular formula is C16H24F3N. The first-order chi connectivity index (χ1) is 9.63. The fourth-order valence-electron chi connectivity index (χ4n) is 2.37. The van der Waals surface area contributed by atoms with Crippen molar-refractivity contribution in [2.75, 3.05) is 18.2 Å². The number of rotatable bonds is 9. The lowest BCUT2D eigenvalue weighted by Gasteiger charge is -2.24. The van der Waals surface area contributed by atoms with Crippen LogP contribution in [0.2, 0.25) is 0 Å². The van der Waals surface area contributed by atoms with Gasteiger partial charge < -0.3 is 4.90 Å². The zero-order valence-electron chi connectivity index (χ0n) is 12.3. The summed E-state index contributed by atoms with van der Waals surface area (Å²) >= 11 is 0.